The highest BCUT2D eigenvalue weighted by Gasteiger charge is 2.23. The Hall–Kier alpha value is -4.26. The van der Waals surface area contributed by atoms with Crippen molar-refractivity contribution >= 4 is 29.1 Å². The number of benzene rings is 2. The number of aliphatic carboxylic acids is 1. The fourth-order valence-corrected chi connectivity index (χ4v) is 3.20. The van der Waals surface area contributed by atoms with Crippen LogP contribution in [0.25, 0.3) is 0 Å². The summed E-state index contributed by atoms with van der Waals surface area (Å²) in [7, 11) is 0. The third-order valence-corrected chi connectivity index (χ3v) is 4.76. The predicted octanol–water partition coefficient (Wildman–Crippen LogP) is 4.77. The van der Waals surface area contributed by atoms with Gasteiger partial charge in [0.15, 0.2) is 0 Å². The van der Waals surface area contributed by atoms with Gasteiger partial charge in [-0.1, -0.05) is 36.4 Å². The third-order valence-electron chi connectivity index (χ3n) is 4.76. The smallest absolute Gasteiger partial charge is 0.311 e. The van der Waals surface area contributed by atoms with Crippen molar-refractivity contribution in [3.05, 3.63) is 103 Å². The summed E-state index contributed by atoms with van der Waals surface area (Å²) in [5, 5.41) is 16.3. The summed E-state index contributed by atoms with van der Waals surface area (Å²) in [5.41, 5.74) is 3.09. The quantitative estimate of drug-likeness (QED) is 0.384. The number of hydrogen-bond acceptors (Lipinski definition) is 6. The first-order valence-corrected chi connectivity index (χ1v) is 9.82. The molecule has 4 aromatic rings. The van der Waals surface area contributed by atoms with E-state index in [9.17, 15) is 9.90 Å². The molecule has 7 nitrogen and oxygen atoms in total. The number of nitrogens with zero attached hydrogens (tertiary/aromatic N) is 3. The molecule has 0 saturated carbocycles. The lowest BCUT2D eigenvalue weighted by atomic mass is 9.93. The summed E-state index contributed by atoms with van der Waals surface area (Å²) < 4.78 is 0. The number of para-hydroxylation sites is 2. The first kappa shape index (κ1) is 20.0. The molecule has 3 N–H and O–H groups in total. The highest BCUT2D eigenvalue weighted by Crippen LogP contribution is 2.27. The number of anilines is 4. The highest BCUT2D eigenvalue weighted by molar-refractivity contribution is 5.77. The van der Waals surface area contributed by atoms with Crippen LogP contribution in [0.5, 0.6) is 0 Å². The summed E-state index contributed by atoms with van der Waals surface area (Å²) >= 11 is 0. The summed E-state index contributed by atoms with van der Waals surface area (Å²) in [5.74, 6) is -0.677. The lowest BCUT2D eigenvalue weighted by Crippen LogP contribution is -2.16. The number of hydrogen-bond donors (Lipinski definition) is 3. The van der Waals surface area contributed by atoms with Crippen LogP contribution in [-0.4, -0.2) is 26.0 Å². The summed E-state index contributed by atoms with van der Waals surface area (Å²) in [6.07, 6.45) is 5.09. The maximum absolute atomic E-state index is 12.0. The van der Waals surface area contributed by atoms with Gasteiger partial charge in [0.1, 0.15) is 5.82 Å². The predicted molar refractivity (Wildman–Crippen MR) is 120 cm³/mol. The van der Waals surface area contributed by atoms with Crippen molar-refractivity contribution < 1.29 is 9.90 Å². The first-order chi connectivity index (χ1) is 15.2. The van der Waals surface area contributed by atoms with Crippen molar-refractivity contribution in [3.8, 4) is 0 Å². The van der Waals surface area contributed by atoms with Gasteiger partial charge < -0.3 is 15.7 Å². The molecule has 0 bridgehead atoms. The number of nitrogens with one attached hydrogen (secondary N) is 2. The molecular weight excluding hydrogens is 390 g/mol. The standard InChI is InChI=1S/C24H21N5O2/c30-23(31)21(17-11-13-25-14-12-17)15-18-16-26-24(28-20-9-5-2-6-10-20)29-22(18)27-19-7-3-1-4-8-19/h1-14,16,21H,15H2,(H,30,31)(H2,26,27,28,29). The molecule has 154 valence electrons. The summed E-state index contributed by atoms with van der Waals surface area (Å²) in [6.45, 7) is 0. The molecule has 0 aliphatic rings. The fourth-order valence-electron chi connectivity index (χ4n) is 3.20. The average Bonchev–Trinajstić information content (AvgIpc) is 2.80. The Bertz CT molecular complexity index is 1140. The van der Waals surface area contributed by atoms with Gasteiger partial charge in [-0.2, -0.15) is 4.98 Å². The van der Waals surface area contributed by atoms with Crippen LogP contribution in [0, 0.1) is 0 Å². The monoisotopic (exact) mass is 411 g/mol. The Morgan fingerprint density at radius 3 is 2.10 bits per heavy atom. The van der Waals surface area contributed by atoms with E-state index < -0.39 is 11.9 Å². The van der Waals surface area contributed by atoms with Crippen molar-refractivity contribution in [3.63, 3.8) is 0 Å². The third kappa shape index (κ3) is 5.22. The van der Waals surface area contributed by atoms with Crippen LogP contribution in [0.3, 0.4) is 0 Å². The number of carbonyl (C=O) groups is 1. The molecule has 0 aliphatic carbocycles. The fraction of sp³-hybridized carbons (Fsp3) is 0.0833. The normalized spacial score (nSPS) is 11.5. The molecule has 7 heteroatoms. The van der Waals surface area contributed by atoms with E-state index in [-0.39, 0.29) is 6.42 Å². The maximum Gasteiger partial charge on any atom is 0.311 e. The SMILES string of the molecule is O=C(O)C(Cc1cnc(Nc2ccccc2)nc1Nc1ccccc1)c1ccncc1. The van der Waals surface area contributed by atoms with E-state index in [4.69, 9.17) is 0 Å². The van der Waals surface area contributed by atoms with Gasteiger partial charge in [0, 0.05) is 35.5 Å². The zero-order valence-corrected chi connectivity index (χ0v) is 16.6. The number of pyridine rings is 1. The molecule has 0 amide bonds. The first-order valence-electron chi connectivity index (χ1n) is 9.82. The zero-order chi connectivity index (χ0) is 21.5. The van der Waals surface area contributed by atoms with E-state index in [0.29, 0.717) is 22.9 Å². The van der Waals surface area contributed by atoms with Gasteiger partial charge in [-0.3, -0.25) is 9.78 Å². The van der Waals surface area contributed by atoms with Crippen molar-refractivity contribution in [1.29, 1.82) is 0 Å². The van der Waals surface area contributed by atoms with E-state index in [0.717, 1.165) is 11.4 Å². The molecule has 1 atom stereocenters. The van der Waals surface area contributed by atoms with Gasteiger partial charge in [0.05, 0.1) is 5.92 Å². The number of rotatable bonds is 8. The number of carboxylic acid groups (broad SMARTS) is 1. The Morgan fingerprint density at radius 1 is 0.871 bits per heavy atom. The van der Waals surface area contributed by atoms with Crippen molar-refractivity contribution in [2.45, 2.75) is 12.3 Å². The van der Waals surface area contributed by atoms with E-state index >= 15 is 0 Å². The van der Waals surface area contributed by atoms with Gasteiger partial charge in [0.25, 0.3) is 0 Å². The second-order valence-corrected chi connectivity index (χ2v) is 6.92. The molecule has 0 aliphatic heterocycles. The van der Waals surface area contributed by atoms with E-state index in [1.165, 1.54) is 0 Å². The number of aromatic nitrogens is 3. The minimum atomic E-state index is -0.914. The molecule has 2 aromatic heterocycles. The number of carboxylic acids is 1. The van der Waals surface area contributed by atoms with Gasteiger partial charge in [-0.15, -0.1) is 0 Å². The van der Waals surface area contributed by atoms with E-state index in [2.05, 4.69) is 25.6 Å². The Balaban J connectivity index is 1.67. The van der Waals surface area contributed by atoms with Crippen LogP contribution in [0.2, 0.25) is 0 Å². The van der Waals surface area contributed by atoms with Crippen LogP contribution in [0.1, 0.15) is 17.0 Å². The highest BCUT2D eigenvalue weighted by atomic mass is 16.4. The van der Waals surface area contributed by atoms with Crippen molar-refractivity contribution in [2.24, 2.45) is 0 Å². The van der Waals surface area contributed by atoms with Crippen LogP contribution in [0.15, 0.2) is 91.4 Å². The summed E-state index contributed by atoms with van der Waals surface area (Å²) in [4.78, 5) is 25.0. The minimum Gasteiger partial charge on any atom is -0.481 e. The maximum atomic E-state index is 12.0. The van der Waals surface area contributed by atoms with E-state index in [1.54, 1.807) is 30.7 Å². The molecule has 1 unspecified atom stereocenters. The molecular formula is C24H21N5O2. The lowest BCUT2D eigenvalue weighted by molar-refractivity contribution is -0.138. The van der Waals surface area contributed by atoms with Crippen LogP contribution in [0.4, 0.5) is 23.1 Å². The molecule has 0 spiro atoms. The van der Waals surface area contributed by atoms with Gasteiger partial charge >= 0.3 is 5.97 Å². The molecule has 31 heavy (non-hydrogen) atoms. The zero-order valence-electron chi connectivity index (χ0n) is 16.6. The Labute approximate surface area is 179 Å². The topological polar surface area (TPSA) is 100 Å². The lowest BCUT2D eigenvalue weighted by Gasteiger charge is -2.17. The van der Waals surface area contributed by atoms with E-state index in [1.807, 2.05) is 60.7 Å². The largest absolute Gasteiger partial charge is 0.481 e. The van der Waals surface area contributed by atoms with Gasteiger partial charge in [0.2, 0.25) is 5.95 Å². The van der Waals surface area contributed by atoms with Crippen LogP contribution >= 0.6 is 0 Å². The molecule has 2 heterocycles. The Kier molecular flexibility index (Phi) is 6.13. The van der Waals surface area contributed by atoms with Gasteiger partial charge in [-0.05, 0) is 48.4 Å². The summed E-state index contributed by atoms with van der Waals surface area (Å²) in [6, 6.07) is 22.7. The van der Waals surface area contributed by atoms with Gasteiger partial charge in [-0.25, -0.2) is 4.98 Å². The second-order valence-electron chi connectivity index (χ2n) is 6.92. The average molecular weight is 411 g/mol. The minimum absolute atomic E-state index is 0.236. The molecule has 0 fully saturated rings. The molecule has 4 rings (SSSR count). The molecule has 2 aromatic carbocycles. The van der Waals surface area contributed by atoms with Crippen molar-refractivity contribution in [1.82, 2.24) is 15.0 Å². The van der Waals surface area contributed by atoms with Crippen molar-refractivity contribution in [2.75, 3.05) is 10.6 Å². The van der Waals surface area contributed by atoms with Crippen LogP contribution < -0.4 is 10.6 Å². The molecule has 0 radical (unpaired) electrons. The Morgan fingerprint density at radius 2 is 1.48 bits per heavy atom. The molecule has 0 saturated heterocycles. The van der Waals surface area contributed by atoms with Crippen LogP contribution in [-0.2, 0) is 11.2 Å². The second kappa shape index (κ2) is 9.49.